The van der Waals surface area contributed by atoms with Crippen LogP contribution in [-0.4, -0.2) is 84.9 Å². The Morgan fingerprint density at radius 2 is 1.72 bits per heavy atom. The molecule has 19 heteroatoms. The fourth-order valence-electron chi connectivity index (χ4n) is 11.5. The number of halogens is 3. The van der Waals surface area contributed by atoms with Crippen molar-refractivity contribution in [2.45, 2.75) is 135 Å². The number of aromatic nitrogens is 4. The van der Waals surface area contributed by atoms with Crippen molar-refractivity contribution in [2.24, 2.45) is 17.1 Å². The van der Waals surface area contributed by atoms with Gasteiger partial charge in [0.1, 0.15) is 12.4 Å². The smallest absolute Gasteiger partial charge is 0.435 e. The number of hydrogen-bond donors (Lipinski definition) is 3. The second-order valence-electron chi connectivity index (χ2n) is 20.7. The molecular formula is C53H58F3N7O9. The highest BCUT2D eigenvalue weighted by atomic mass is 19.4. The number of aryl methyl sites for hydroxylation is 1. The maximum atomic E-state index is 14.1. The summed E-state index contributed by atoms with van der Waals surface area (Å²) in [7, 11) is 0. The number of alkyl halides is 3. The van der Waals surface area contributed by atoms with E-state index in [-0.39, 0.29) is 78.2 Å². The molecule has 2 aromatic carbocycles. The minimum absolute atomic E-state index is 0.0196. The molecule has 3 aromatic heterocycles. The van der Waals surface area contributed by atoms with E-state index in [0.717, 1.165) is 61.5 Å². The lowest BCUT2D eigenvalue weighted by molar-refractivity contribution is -0.172. The van der Waals surface area contributed by atoms with Gasteiger partial charge >= 0.3 is 18.2 Å². The number of piperidine rings is 1. The van der Waals surface area contributed by atoms with Crippen LogP contribution >= 0.6 is 0 Å². The van der Waals surface area contributed by atoms with Gasteiger partial charge in [-0.25, -0.2) is 19.3 Å². The number of primary amides is 1. The molecule has 10 rings (SSSR count). The lowest BCUT2D eigenvalue weighted by atomic mass is 9.75. The standard InChI is InChI=1S/C53H58F3N7O9/c1-5-33-35-22-32(12-14-39(35)59-45-36(33)26-62-41(45)23-38-37(48(62)66)27-71-49(67)52(38,69)6-2)72-50(68)61-18-15-28(16-19-61)17-20-70-31-10-7-29(8-11-31)58-40-21-30(9-13-34(40)47(57)65)63-42-24-51(3,4)25-43(64)44(42)46(60-63)53(54,55)56/h9,12-14,21-23,28-29,31,58,69H,5-8,10-11,15-20,24-27H2,1-4H3,(H2,57,65)/t29?,31?,52-/m0/s1. The highest BCUT2D eigenvalue weighted by Gasteiger charge is 2.47. The van der Waals surface area contributed by atoms with E-state index in [2.05, 4.69) is 10.4 Å². The Morgan fingerprint density at radius 1 is 0.972 bits per heavy atom. The zero-order valence-electron chi connectivity index (χ0n) is 40.7. The predicted octanol–water partition coefficient (Wildman–Crippen LogP) is 8.14. The van der Waals surface area contributed by atoms with Crippen molar-refractivity contribution in [1.29, 1.82) is 0 Å². The van der Waals surface area contributed by atoms with Crippen LogP contribution in [0.1, 0.15) is 140 Å². The van der Waals surface area contributed by atoms with Crippen LogP contribution in [0.25, 0.3) is 28.0 Å². The van der Waals surface area contributed by atoms with Gasteiger partial charge in [0.15, 0.2) is 17.1 Å². The third-order valence-electron chi connectivity index (χ3n) is 15.4. The largest absolute Gasteiger partial charge is 0.458 e. The number of nitrogens with two attached hydrogens (primary N) is 1. The summed E-state index contributed by atoms with van der Waals surface area (Å²) in [4.78, 5) is 72.0. The summed E-state index contributed by atoms with van der Waals surface area (Å²) < 4.78 is 62.7. The van der Waals surface area contributed by atoms with Gasteiger partial charge in [-0.05, 0) is 124 Å². The van der Waals surface area contributed by atoms with Crippen molar-refractivity contribution in [1.82, 2.24) is 24.2 Å². The van der Waals surface area contributed by atoms with E-state index in [0.29, 0.717) is 60.4 Å². The summed E-state index contributed by atoms with van der Waals surface area (Å²) in [5.74, 6) is -1.30. The zero-order valence-corrected chi connectivity index (χ0v) is 40.7. The molecule has 0 radical (unpaired) electrons. The number of amides is 2. The molecule has 380 valence electrons. The zero-order chi connectivity index (χ0) is 51.0. The number of Topliss-reactive ketones (excluding diaryl/α,β-unsaturated/α-hetero) is 1. The first-order chi connectivity index (χ1) is 34.3. The third kappa shape index (κ3) is 8.81. The molecule has 3 aliphatic heterocycles. The van der Waals surface area contributed by atoms with Gasteiger partial charge in [0.25, 0.3) is 11.5 Å². The number of cyclic esters (lactones) is 1. The van der Waals surface area contributed by atoms with Gasteiger partial charge in [0.2, 0.25) is 0 Å². The molecule has 0 bridgehead atoms. The first-order valence-electron chi connectivity index (χ1n) is 24.9. The summed E-state index contributed by atoms with van der Waals surface area (Å²) in [5, 5.41) is 19.4. The lowest BCUT2D eigenvalue weighted by Crippen LogP contribution is -2.44. The van der Waals surface area contributed by atoms with E-state index >= 15 is 0 Å². The molecule has 2 amide bonds. The fourth-order valence-corrected chi connectivity index (χ4v) is 11.5. The van der Waals surface area contributed by atoms with Gasteiger partial charge < -0.3 is 39.8 Å². The average molecular weight is 994 g/mol. The third-order valence-corrected chi connectivity index (χ3v) is 15.4. The Kier molecular flexibility index (Phi) is 12.6. The van der Waals surface area contributed by atoms with Crippen molar-refractivity contribution < 1.29 is 51.7 Å². The summed E-state index contributed by atoms with van der Waals surface area (Å²) in [6.45, 7) is 9.08. The van der Waals surface area contributed by atoms with Gasteiger partial charge in [0, 0.05) is 54.4 Å². The van der Waals surface area contributed by atoms with Crippen LogP contribution in [0.5, 0.6) is 5.75 Å². The molecule has 72 heavy (non-hydrogen) atoms. The molecule has 1 saturated heterocycles. The van der Waals surface area contributed by atoms with Crippen molar-refractivity contribution in [3.8, 4) is 22.8 Å². The van der Waals surface area contributed by atoms with Crippen LogP contribution in [0.3, 0.4) is 0 Å². The van der Waals surface area contributed by atoms with Crippen molar-refractivity contribution in [3.63, 3.8) is 0 Å². The Balaban J connectivity index is 0.717. The molecule has 5 aromatic rings. The van der Waals surface area contributed by atoms with Crippen molar-refractivity contribution >= 4 is 40.3 Å². The number of aliphatic hydroxyl groups is 1. The number of rotatable bonds is 11. The first kappa shape index (κ1) is 49.0. The first-order valence-corrected chi connectivity index (χ1v) is 24.9. The Bertz CT molecular complexity index is 3110. The Hall–Kier alpha value is -6.60. The predicted molar refractivity (Wildman–Crippen MR) is 258 cm³/mol. The van der Waals surface area contributed by atoms with Crippen LogP contribution in [0.4, 0.5) is 23.7 Å². The highest BCUT2D eigenvalue weighted by Crippen LogP contribution is 2.44. The second kappa shape index (κ2) is 18.5. The summed E-state index contributed by atoms with van der Waals surface area (Å²) in [5.41, 5.74) is 6.55. The maximum absolute atomic E-state index is 14.1. The normalized spacial score (nSPS) is 21.7. The molecule has 0 unspecified atom stereocenters. The number of likely N-dealkylation sites (tertiary alicyclic amines) is 1. The minimum atomic E-state index is -4.82. The molecule has 0 spiro atoms. The quantitative estimate of drug-likeness (QED) is 0.105. The number of anilines is 1. The number of hydrogen-bond acceptors (Lipinski definition) is 12. The minimum Gasteiger partial charge on any atom is -0.458 e. The van der Waals surface area contributed by atoms with E-state index in [9.17, 15) is 42.3 Å². The van der Waals surface area contributed by atoms with Crippen LogP contribution in [0.2, 0.25) is 0 Å². The highest BCUT2D eigenvalue weighted by molar-refractivity contribution is 6.01. The number of nitrogens with one attached hydrogen (secondary N) is 1. The van der Waals surface area contributed by atoms with Crippen molar-refractivity contribution in [2.75, 3.05) is 25.0 Å². The number of fused-ring (bicyclic) bond motifs is 6. The van der Waals surface area contributed by atoms with Gasteiger partial charge in [-0.15, -0.1) is 0 Å². The molecule has 1 saturated carbocycles. The number of benzene rings is 2. The monoisotopic (exact) mass is 993 g/mol. The molecule has 5 aliphatic rings. The average Bonchev–Trinajstić information content (AvgIpc) is 3.92. The molecule has 4 N–H and O–H groups in total. The number of ether oxygens (including phenoxy) is 3. The van der Waals surface area contributed by atoms with Gasteiger partial charge in [-0.3, -0.25) is 14.4 Å². The van der Waals surface area contributed by atoms with Crippen LogP contribution in [-0.2, 0) is 52.0 Å². The molecular weight excluding hydrogens is 936 g/mol. The SMILES string of the molecule is CCc1c2c(nc3ccc(OC(=O)N4CCC(CCOC5CCC(Nc6cc(-n7nc(C(F)(F)F)c8c7CC(C)(C)CC8=O)ccc6C(N)=O)CC5)CC4)cc13)-c1cc3c(c(=O)n1C2)COC(=O)[C@]3(O)CC. The number of carbonyl (C=O) groups is 4. The van der Waals surface area contributed by atoms with Crippen molar-refractivity contribution in [3.05, 3.63) is 97.6 Å². The van der Waals surface area contributed by atoms with Gasteiger partial charge in [0.05, 0.1) is 57.6 Å². The number of pyridine rings is 2. The number of esters is 1. The molecule has 2 fully saturated rings. The lowest BCUT2D eigenvalue weighted by Gasteiger charge is -2.33. The van der Waals surface area contributed by atoms with Gasteiger partial charge in [-0.1, -0.05) is 27.7 Å². The molecule has 6 heterocycles. The van der Waals surface area contributed by atoms with Crippen LogP contribution in [0, 0.1) is 11.3 Å². The van der Waals surface area contributed by atoms with E-state index in [4.69, 9.17) is 24.9 Å². The van der Waals surface area contributed by atoms with E-state index in [1.807, 2.05) is 26.8 Å². The summed E-state index contributed by atoms with van der Waals surface area (Å²) in [6.07, 6.45) is 1.07. The molecule has 2 aliphatic carbocycles. The van der Waals surface area contributed by atoms with E-state index in [1.165, 1.54) is 16.8 Å². The number of nitrogens with zero attached hydrogens (tertiary/aromatic N) is 5. The fraction of sp³-hybridized carbons (Fsp3) is 0.491. The van der Waals surface area contributed by atoms with Gasteiger partial charge in [-0.2, -0.15) is 18.3 Å². The molecule has 1 atom stereocenters. The Labute approximate surface area is 413 Å². The second-order valence-corrected chi connectivity index (χ2v) is 20.7. The number of ketones is 1. The summed E-state index contributed by atoms with van der Waals surface area (Å²) in [6, 6.07) is 11.5. The topological polar surface area (TPSA) is 210 Å². The Morgan fingerprint density at radius 3 is 2.42 bits per heavy atom. The number of carbonyl (C=O) groups excluding carboxylic acids is 4. The van der Waals surface area contributed by atoms with Crippen LogP contribution < -0.4 is 21.3 Å². The molecule has 16 nitrogen and oxygen atoms in total. The van der Waals surface area contributed by atoms with Crippen LogP contribution in [0.15, 0.2) is 47.3 Å². The van der Waals surface area contributed by atoms with E-state index in [1.54, 1.807) is 40.7 Å². The van der Waals surface area contributed by atoms with E-state index < -0.39 is 52.2 Å². The maximum Gasteiger partial charge on any atom is 0.435 e. The summed E-state index contributed by atoms with van der Waals surface area (Å²) >= 11 is 0.